The molecule has 1 saturated heterocycles. The molecule has 0 saturated carbocycles. The van der Waals surface area contributed by atoms with Crippen LogP contribution in [0.1, 0.15) is 28.1 Å². The van der Waals surface area contributed by atoms with Crippen molar-refractivity contribution < 1.29 is 13.9 Å². The molecule has 1 aliphatic heterocycles. The first-order chi connectivity index (χ1) is 14.0. The minimum atomic E-state index is -0.161. The van der Waals surface area contributed by atoms with Crippen LogP contribution in [0.2, 0.25) is 0 Å². The quantitative estimate of drug-likeness (QED) is 0.517. The van der Waals surface area contributed by atoms with E-state index in [2.05, 4.69) is 46.8 Å². The number of halogens is 1. The standard InChI is InChI=1S/C21H24BrN3O3S/c1-14-4-6-17-19(15(14)2)23-21(29-17)25(20(26)16-5-7-18(22)28-16)9-3-8-24-10-12-27-13-11-24/h4-7H,3,8-13H2,1-2H3. The van der Waals surface area contributed by atoms with E-state index in [0.29, 0.717) is 22.1 Å². The number of morpholine rings is 1. The third-order valence-electron chi connectivity index (χ3n) is 5.29. The summed E-state index contributed by atoms with van der Waals surface area (Å²) in [6, 6.07) is 7.63. The predicted octanol–water partition coefficient (Wildman–Crippen LogP) is 4.64. The molecule has 1 aromatic carbocycles. The number of ether oxygens (including phenoxy) is 1. The molecule has 6 nitrogen and oxygen atoms in total. The maximum Gasteiger partial charge on any atom is 0.295 e. The number of hydrogen-bond donors (Lipinski definition) is 0. The van der Waals surface area contributed by atoms with Gasteiger partial charge >= 0.3 is 0 Å². The van der Waals surface area contributed by atoms with Crippen molar-refractivity contribution in [3.05, 3.63) is 45.8 Å². The number of benzene rings is 1. The zero-order valence-electron chi connectivity index (χ0n) is 16.6. The van der Waals surface area contributed by atoms with E-state index in [4.69, 9.17) is 14.1 Å². The van der Waals surface area contributed by atoms with Gasteiger partial charge in [-0.15, -0.1) is 0 Å². The average molecular weight is 478 g/mol. The van der Waals surface area contributed by atoms with Crippen molar-refractivity contribution in [1.82, 2.24) is 9.88 Å². The summed E-state index contributed by atoms with van der Waals surface area (Å²) >= 11 is 4.84. The molecule has 29 heavy (non-hydrogen) atoms. The summed E-state index contributed by atoms with van der Waals surface area (Å²) in [5.74, 6) is 0.154. The van der Waals surface area contributed by atoms with Gasteiger partial charge in [-0.25, -0.2) is 4.98 Å². The Kier molecular flexibility index (Phi) is 6.34. The molecule has 0 bridgehead atoms. The van der Waals surface area contributed by atoms with Gasteiger partial charge in [-0.2, -0.15) is 0 Å². The lowest BCUT2D eigenvalue weighted by atomic mass is 10.1. The molecule has 2 aromatic heterocycles. The molecule has 0 spiro atoms. The third kappa shape index (κ3) is 4.55. The van der Waals surface area contributed by atoms with Crippen LogP contribution < -0.4 is 4.90 Å². The van der Waals surface area contributed by atoms with Crippen LogP contribution in [-0.4, -0.2) is 55.2 Å². The highest BCUT2D eigenvalue weighted by molar-refractivity contribution is 9.10. The van der Waals surface area contributed by atoms with Crippen LogP contribution in [-0.2, 0) is 4.74 Å². The fourth-order valence-electron chi connectivity index (χ4n) is 3.45. The number of aryl methyl sites for hydroxylation is 2. The van der Waals surface area contributed by atoms with Crippen LogP contribution in [0, 0.1) is 13.8 Å². The lowest BCUT2D eigenvalue weighted by Gasteiger charge is -2.27. The summed E-state index contributed by atoms with van der Waals surface area (Å²) < 4.78 is 12.6. The molecule has 3 heterocycles. The van der Waals surface area contributed by atoms with Crippen molar-refractivity contribution in [2.45, 2.75) is 20.3 Å². The fraction of sp³-hybridized carbons (Fsp3) is 0.429. The van der Waals surface area contributed by atoms with Crippen molar-refractivity contribution in [3.8, 4) is 0 Å². The number of furan rings is 1. The van der Waals surface area contributed by atoms with Crippen molar-refractivity contribution in [2.75, 3.05) is 44.3 Å². The Balaban J connectivity index is 1.58. The second kappa shape index (κ2) is 8.95. The smallest absolute Gasteiger partial charge is 0.295 e. The Hall–Kier alpha value is -1.74. The van der Waals surface area contributed by atoms with Crippen LogP contribution in [0.25, 0.3) is 10.2 Å². The number of fused-ring (bicyclic) bond motifs is 1. The van der Waals surface area contributed by atoms with E-state index in [9.17, 15) is 4.79 Å². The van der Waals surface area contributed by atoms with E-state index in [0.717, 1.165) is 55.0 Å². The minimum Gasteiger partial charge on any atom is -0.444 e. The molecule has 1 fully saturated rings. The van der Waals surface area contributed by atoms with E-state index >= 15 is 0 Å². The van der Waals surface area contributed by atoms with Gasteiger partial charge in [0.25, 0.3) is 5.91 Å². The van der Waals surface area contributed by atoms with Gasteiger partial charge in [0.1, 0.15) is 0 Å². The maximum absolute atomic E-state index is 13.2. The van der Waals surface area contributed by atoms with Gasteiger partial charge in [-0.05, 0) is 65.5 Å². The molecule has 3 aromatic rings. The van der Waals surface area contributed by atoms with Crippen LogP contribution in [0.5, 0.6) is 0 Å². The number of carbonyl (C=O) groups excluding carboxylic acids is 1. The topological polar surface area (TPSA) is 58.8 Å². The normalized spacial score (nSPS) is 15.1. The number of aromatic nitrogens is 1. The van der Waals surface area contributed by atoms with Crippen LogP contribution in [0.15, 0.2) is 33.4 Å². The molecule has 0 aliphatic carbocycles. The molecule has 1 aliphatic rings. The second-order valence-corrected chi connectivity index (χ2v) is 9.01. The first kappa shape index (κ1) is 20.5. The Labute approximate surface area is 182 Å². The number of rotatable bonds is 6. The van der Waals surface area contributed by atoms with Crippen LogP contribution in [0.3, 0.4) is 0 Å². The SMILES string of the molecule is Cc1ccc2sc(N(CCCN3CCOCC3)C(=O)c3ccc(Br)o3)nc2c1C. The average Bonchev–Trinajstić information content (AvgIpc) is 3.35. The molecule has 0 radical (unpaired) electrons. The summed E-state index contributed by atoms with van der Waals surface area (Å²) in [6.07, 6.45) is 0.863. The maximum atomic E-state index is 13.2. The fourth-order valence-corrected chi connectivity index (χ4v) is 4.81. The number of hydrogen-bond acceptors (Lipinski definition) is 6. The summed E-state index contributed by atoms with van der Waals surface area (Å²) in [4.78, 5) is 22.2. The van der Waals surface area contributed by atoms with Crippen molar-refractivity contribution in [1.29, 1.82) is 0 Å². The Morgan fingerprint density at radius 2 is 2.03 bits per heavy atom. The highest BCUT2D eigenvalue weighted by atomic mass is 79.9. The van der Waals surface area contributed by atoms with Crippen molar-refractivity contribution >= 4 is 48.5 Å². The molecule has 4 rings (SSSR count). The Morgan fingerprint density at radius 1 is 1.24 bits per heavy atom. The summed E-state index contributed by atoms with van der Waals surface area (Å²) in [7, 11) is 0. The Bertz CT molecular complexity index is 1010. The molecule has 0 unspecified atom stereocenters. The highest BCUT2D eigenvalue weighted by Gasteiger charge is 2.24. The van der Waals surface area contributed by atoms with E-state index < -0.39 is 0 Å². The van der Waals surface area contributed by atoms with E-state index in [-0.39, 0.29) is 5.91 Å². The van der Waals surface area contributed by atoms with Crippen LogP contribution in [0.4, 0.5) is 5.13 Å². The third-order valence-corrected chi connectivity index (χ3v) is 6.76. The van der Waals surface area contributed by atoms with Gasteiger partial charge in [0.05, 0.1) is 23.4 Å². The van der Waals surface area contributed by atoms with Gasteiger partial charge in [0.15, 0.2) is 15.6 Å². The van der Waals surface area contributed by atoms with E-state index in [1.807, 2.05) is 0 Å². The highest BCUT2D eigenvalue weighted by Crippen LogP contribution is 2.33. The molecule has 0 atom stereocenters. The monoisotopic (exact) mass is 477 g/mol. The largest absolute Gasteiger partial charge is 0.444 e. The van der Waals surface area contributed by atoms with Gasteiger partial charge in [-0.3, -0.25) is 14.6 Å². The number of nitrogens with zero attached hydrogens (tertiary/aromatic N) is 3. The molecule has 8 heteroatoms. The predicted molar refractivity (Wildman–Crippen MR) is 119 cm³/mol. The molecule has 1 amide bonds. The van der Waals surface area contributed by atoms with E-state index in [1.165, 1.54) is 5.56 Å². The zero-order valence-corrected chi connectivity index (χ0v) is 19.0. The summed E-state index contributed by atoms with van der Waals surface area (Å²) in [5.41, 5.74) is 3.33. The molecular weight excluding hydrogens is 454 g/mol. The first-order valence-corrected chi connectivity index (χ1v) is 11.4. The second-order valence-electron chi connectivity index (χ2n) is 7.22. The van der Waals surface area contributed by atoms with Gasteiger partial charge in [0, 0.05) is 26.2 Å². The number of anilines is 1. The molecular formula is C21H24BrN3O3S. The number of thiazole rings is 1. The lowest BCUT2D eigenvalue weighted by molar-refractivity contribution is 0.0376. The van der Waals surface area contributed by atoms with E-state index in [1.54, 1.807) is 28.4 Å². The van der Waals surface area contributed by atoms with Crippen LogP contribution >= 0.6 is 27.3 Å². The molecule has 154 valence electrons. The lowest BCUT2D eigenvalue weighted by Crippen LogP contribution is -2.39. The first-order valence-electron chi connectivity index (χ1n) is 9.77. The summed E-state index contributed by atoms with van der Waals surface area (Å²) in [5, 5.41) is 0.716. The number of carbonyl (C=O) groups is 1. The van der Waals surface area contributed by atoms with Gasteiger partial charge in [0.2, 0.25) is 0 Å². The molecule has 0 N–H and O–H groups in total. The van der Waals surface area contributed by atoms with Crippen molar-refractivity contribution in [2.24, 2.45) is 0 Å². The van der Waals surface area contributed by atoms with Gasteiger partial charge in [-0.1, -0.05) is 17.4 Å². The zero-order chi connectivity index (χ0) is 20.4. The van der Waals surface area contributed by atoms with Crippen molar-refractivity contribution in [3.63, 3.8) is 0 Å². The minimum absolute atomic E-state index is 0.161. The number of amides is 1. The van der Waals surface area contributed by atoms with Gasteiger partial charge < -0.3 is 9.15 Å². The summed E-state index contributed by atoms with van der Waals surface area (Å²) in [6.45, 7) is 9.12. The Morgan fingerprint density at radius 3 is 2.76 bits per heavy atom.